The van der Waals surface area contributed by atoms with Gasteiger partial charge in [0.25, 0.3) is 0 Å². The Hall–Kier alpha value is -1.47. The standard InChI is InChI=1S/C15H21FN2O3S/c1-3-17-15(19)12-6-8-18(9-7-12)22(20,21)14-5-4-13(16)10-11(14)2/h4-5,10,12H,3,6-9H2,1-2H3,(H,17,19). The molecule has 0 aliphatic carbocycles. The quantitative estimate of drug-likeness (QED) is 0.914. The van der Waals surface area contributed by atoms with E-state index < -0.39 is 15.8 Å². The number of hydrogen-bond donors (Lipinski definition) is 1. The van der Waals surface area contributed by atoms with Gasteiger partial charge in [-0.1, -0.05) is 0 Å². The SMILES string of the molecule is CCNC(=O)C1CCN(S(=O)(=O)c2ccc(F)cc2C)CC1. The number of hydrogen-bond acceptors (Lipinski definition) is 3. The van der Waals surface area contributed by atoms with Crippen molar-refractivity contribution in [2.45, 2.75) is 31.6 Å². The van der Waals surface area contributed by atoms with E-state index in [1.165, 1.54) is 16.4 Å². The van der Waals surface area contributed by atoms with E-state index in [0.717, 1.165) is 6.07 Å². The largest absolute Gasteiger partial charge is 0.356 e. The number of rotatable bonds is 4. The minimum Gasteiger partial charge on any atom is -0.356 e. The summed E-state index contributed by atoms with van der Waals surface area (Å²) in [6.45, 7) is 4.63. The van der Waals surface area contributed by atoms with Gasteiger partial charge in [0.15, 0.2) is 0 Å². The number of nitrogens with zero attached hydrogens (tertiary/aromatic N) is 1. The van der Waals surface area contributed by atoms with Gasteiger partial charge in [0.05, 0.1) is 4.90 Å². The Bertz CT molecular complexity index is 653. The number of piperidine rings is 1. The summed E-state index contributed by atoms with van der Waals surface area (Å²) in [7, 11) is -3.64. The zero-order chi connectivity index (χ0) is 16.3. The van der Waals surface area contributed by atoms with E-state index in [0.29, 0.717) is 38.0 Å². The van der Waals surface area contributed by atoms with Gasteiger partial charge in [-0.3, -0.25) is 4.79 Å². The lowest BCUT2D eigenvalue weighted by Gasteiger charge is -2.30. The second kappa shape index (κ2) is 6.75. The minimum atomic E-state index is -3.64. The van der Waals surface area contributed by atoms with Crippen LogP contribution in [-0.2, 0) is 14.8 Å². The smallest absolute Gasteiger partial charge is 0.243 e. The van der Waals surface area contributed by atoms with Gasteiger partial charge < -0.3 is 5.32 Å². The van der Waals surface area contributed by atoms with E-state index >= 15 is 0 Å². The average molecular weight is 328 g/mol. The van der Waals surface area contributed by atoms with Crippen LogP contribution in [0.2, 0.25) is 0 Å². The van der Waals surface area contributed by atoms with E-state index in [9.17, 15) is 17.6 Å². The number of carbonyl (C=O) groups excluding carboxylic acids is 1. The van der Waals surface area contributed by atoms with Crippen molar-refractivity contribution >= 4 is 15.9 Å². The van der Waals surface area contributed by atoms with Gasteiger partial charge in [-0.05, 0) is 50.5 Å². The Balaban J connectivity index is 2.11. The second-order valence-electron chi connectivity index (χ2n) is 5.48. The molecule has 1 fully saturated rings. The summed E-state index contributed by atoms with van der Waals surface area (Å²) in [5.74, 6) is -0.607. The molecule has 1 aliphatic rings. The lowest BCUT2D eigenvalue weighted by Crippen LogP contribution is -2.43. The van der Waals surface area contributed by atoms with Crippen molar-refractivity contribution in [2.24, 2.45) is 5.92 Å². The lowest BCUT2D eigenvalue weighted by atomic mass is 9.97. The fourth-order valence-electron chi connectivity index (χ4n) is 2.72. The van der Waals surface area contributed by atoms with Crippen molar-refractivity contribution < 1.29 is 17.6 Å². The van der Waals surface area contributed by atoms with E-state index in [4.69, 9.17) is 0 Å². The highest BCUT2D eigenvalue weighted by atomic mass is 32.2. The predicted octanol–water partition coefficient (Wildman–Crippen LogP) is 1.67. The van der Waals surface area contributed by atoms with Gasteiger partial charge in [-0.15, -0.1) is 0 Å². The monoisotopic (exact) mass is 328 g/mol. The summed E-state index contributed by atoms with van der Waals surface area (Å²) in [6.07, 6.45) is 1.01. The Morgan fingerprint density at radius 2 is 2.00 bits per heavy atom. The maximum atomic E-state index is 13.1. The van der Waals surface area contributed by atoms with Crippen LogP contribution in [0.4, 0.5) is 4.39 Å². The van der Waals surface area contributed by atoms with Crippen LogP contribution in [0.3, 0.4) is 0 Å². The van der Waals surface area contributed by atoms with Crippen molar-refractivity contribution in [3.05, 3.63) is 29.6 Å². The molecule has 22 heavy (non-hydrogen) atoms. The highest BCUT2D eigenvalue weighted by molar-refractivity contribution is 7.89. The third-order valence-electron chi connectivity index (χ3n) is 3.93. The molecule has 122 valence electrons. The van der Waals surface area contributed by atoms with Crippen molar-refractivity contribution in [3.63, 3.8) is 0 Å². The van der Waals surface area contributed by atoms with Gasteiger partial charge in [0.1, 0.15) is 5.82 Å². The molecule has 1 N–H and O–H groups in total. The van der Waals surface area contributed by atoms with Crippen LogP contribution in [0.25, 0.3) is 0 Å². The Labute approximate surface area is 130 Å². The summed E-state index contributed by atoms with van der Waals surface area (Å²) >= 11 is 0. The van der Waals surface area contributed by atoms with E-state index in [1.807, 2.05) is 6.92 Å². The Morgan fingerprint density at radius 1 is 1.36 bits per heavy atom. The molecule has 0 aromatic heterocycles. The maximum Gasteiger partial charge on any atom is 0.243 e. The number of aryl methyl sites for hydroxylation is 1. The van der Waals surface area contributed by atoms with Crippen LogP contribution in [-0.4, -0.2) is 38.3 Å². The number of nitrogens with one attached hydrogen (secondary N) is 1. The first-order valence-electron chi connectivity index (χ1n) is 7.40. The molecule has 0 unspecified atom stereocenters. The molecule has 0 atom stereocenters. The van der Waals surface area contributed by atoms with Crippen molar-refractivity contribution in [2.75, 3.05) is 19.6 Å². The maximum absolute atomic E-state index is 13.1. The first-order valence-corrected chi connectivity index (χ1v) is 8.84. The zero-order valence-electron chi connectivity index (χ0n) is 12.8. The minimum absolute atomic E-state index is 0.0162. The van der Waals surface area contributed by atoms with Gasteiger partial charge in [0, 0.05) is 25.6 Å². The zero-order valence-corrected chi connectivity index (χ0v) is 13.6. The molecular formula is C15H21FN2O3S. The summed E-state index contributed by atoms with van der Waals surface area (Å²) in [6, 6.07) is 3.67. The normalized spacial score (nSPS) is 17.4. The molecule has 1 amide bonds. The van der Waals surface area contributed by atoms with Crippen LogP contribution in [0.15, 0.2) is 23.1 Å². The molecular weight excluding hydrogens is 307 g/mol. The average Bonchev–Trinajstić information content (AvgIpc) is 2.47. The fourth-order valence-corrected chi connectivity index (χ4v) is 4.39. The molecule has 0 saturated carbocycles. The first kappa shape index (κ1) is 16.9. The highest BCUT2D eigenvalue weighted by Crippen LogP contribution is 2.26. The van der Waals surface area contributed by atoms with Gasteiger partial charge in [0.2, 0.25) is 15.9 Å². The molecule has 1 saturated heterocycles. The van der Waals surface area contributed by atoms with Crippen LogP contribution >= 0.6 is 0 Å². The Morgan fingerprint density at radius 3 is 2.55 bits per heavy atom. The van der Waals surface area contributed by atoms with E-state index in [1.54, 1.807) is 6.92 Å². The highest BCUT2D eigenvalue weighted by Gasteiger charge is 2.32. The van der Waals surface area contributed by atoms with Crippen LogP contribution in [0.5, 0.6) is 0 Å². The third kappa shape index (κ3) is 3.47. The van der Waals surface area contributed by atoms with E-state index in [-0.39, 0.29) is 16.7 Å². The second-order valence-corrected chi connectivity index (χ2v) is 7.39. The Kier molecular flexibility index (Phi) is 5.18. The van der Waals surface area contributed by atoms with E-state index in [2.05, 4.69) is 5.32 Å². The molecule has 0 bridgehead atoms. The van der Waals surface area contributed by atoms with Gasteiger partial charge in [-0.25, -0.2) is 12.8 Å². The molecule has 1 heterocycles. The molecule has 0 spiro atoms. The number of amides is 1. The summed E-state index contributed by atoms with van der Waals surface area (Å²) in [4.78, 5) is 11.9. The molecule has 7 heteroatoms. The van der Waals surface area contributed by atoms with Gasteiger partial charge in [-0.2, -0.15) is 4.31 Å². The lowest BCUT2D eigenvalue weighted by molar-refractivity contribution is -0.126. The summed E-state index contributed by atoms with van der Waals surface area (Å²) in [5, 5.41) is 2.77. The number of carbonyl (C=O) groups is 1. The van der Waals surface area contributed by atoms with Crippen molar-refractivity contribution in [1.29, 1.82) is 0 Å². The van der Waals surface area contributed by atoms with Crippen LogP contribution in [0, 0.1) is 18.7 Å². The molecule has 2 rings (SSSR count). The summed E-state index contributed by atoms with van der Waals surface area (Å²) < 4.78 is 39.8. The topological polar surface area (TPSA) is 66.5 Å². The third-order valence-corrected chi connectivity index (χ3v) is 5.99. The van der Waals surface area contributed by atoms with Gasteiger partial charge >= 0.3 is 0 Å². The fraction of sp³-hybridized carbons (Fsp3) is 0.533. The summed E-state index contributed by atoms with van der Waals surface area (Å²) in [5.41, 5.74) is 0.394. The molecule has 0 radical (unpaired) electrons. The van der Waals surface area contributed by atoms with Crippen LogP contribution < -0.4 is 5.32 Å². The van der Waals surface area contributed by atoms with Crippen LogP contribution in [0.1, 0.15) is 25.3 Å². The number of sulfonamides is 1. The van der Waals surface area contributed by atoms with Crippen molar-refractivity contribution in [1.82, 2.24) is 9.62 Å². The number of benzene rings is 1. The van der Waals surface area contributed by atoms with Crippen molar-refractivity contribution in [3.8, 4) is 0 Å². The molecule has 5 nitrogen and oxygen atoms in total. The molecule has 1 aliphatic heterocycles. The number of halogens is 1. The molecule has 1 aromatic rings. The predicted molar refractivity (Wildman–Crippen MR) is 81.3 cm³/mol. The first-order chi connectivity index (χ1) is 10.4. The molecule has 1 aromatic carbocycles.